The third-order valence-electron chi connectivity index (χ3n) is 3.57. The lowest BCUT2D eigenvalue weighted by molar-refractivity contribution is -0.0758. The van der Waals surface area contributed by atoms with Gasteiger partial charge in [-0.3, -0.25) is 9.69 Å². The van der Waals surface area contributed by atoms with Gasteiger partial charge in [0.2, 0.25) is 0 Å². The molecule has 0 bridgehead atoms. The SMILES string of the molecule is CN(CC(=O)c1ccc(F)cc1)CC1(O)CCOCC1. The third kappa shape index (κ3) is 4.10. The van der Waals surface area contributed by atoms with Crippen LogP contribution >= 0.6 is 0 Å². The molecule has 0 unspecified atom stereocenters. The van der Waals surface area contributed by atoms with Gasteiger partial charge in [-0.2, -0.15) is 0 Å². The van der Waals surface area contributed by atoms with Crippen LogP contribution in [0.5, 0.6) is 0 Å². The summed E-state index contributed by atoms with van der Waals surface area (Å²) < 4.78 is 18.0. The van der Waals surface area contributed by atoms with Gasteiger partial charge in [-0.1, -0.05) is 0 Å². The van der Waals surface area contributed by atoms with Crippen LogP contribution < -0.4 is 0 Å². The van der Waals surface area contributed by atoms with Gasteiger partial charge in [0.05, 0.1) is 12.1 Å². The Bertz CT molecular complexity index is 455. The number of likely N-dealkylation sites (N-methyl/N-ethyl adjacent to an activating group) is 1. The number of rotatable bonds is 5. The molecule has 1 aliphatic heterocycles. The smallest absolute Gasteiger partial charge is 0.176 e. The summed E-state index contributed by atoms with van der Waals surface area (Å²) in [5, 5.41) is 10.4. The molecule has 1 aliphatic rings. The Hall–Kier alpha value is -1.30. The molecule has 1 saturated heterocycles. The first-order valence-electron chi connectivity index (χ1n) is 6.76. The summed E-state index contributed by atoms with van der Waals surface area (Å²) in [6.45, 7) is 1.74. The highest BCUT2D eigenvalue weighted by atomic mass is 19.1. The number of ether oxygens (including phenoxy) is 1. The maximum absolute atomic E-state index is 12.8. The zero-order valence-corrected chi connectivity index (χ0v) is 11.6. The Balaban J connectivity index is 1.89. The number of ketones is 1. The lowest BCUT2D eigenvalue weighted by Crippen LogP contribution is -2.46. The fourth-order valence-corrected chi connectivity index (χ4v) is 2.44. The van der Waals surface area contributed by atoms with E-state index in [1.165, 1.54) is 24.3 Å². The molecule has 1 aromatic rings. The molecule has 20 heavy (non-hydrogen) atoms. The Morgan fingerprint density at radius 3 is 2.55 bits per heavy atom. The number of benzene rings is 1. The van der Waals surface area contributed by atoms with E-state index >= 15 is 0 Å². The monoisotopic (exact) mass is 281 g/mol. The number of carbonyl (C=O) groups excluding carboxylic acids is 1. The van der Waals surface area contributed by atoms with E-state index in [9.17, 15) is 14.3 Å². The lowest BCUT2D eigenvalue weighted by atomic mass is 9.94. The molecule has 0 radical (unpaired) electrons. The highest BCUT2D eigenvalue weighted by molar-refractivity contribution is 5.97. The lowest BCUT2D eigenvalue weighted by Gasteiger charge is -2.35. The fraction of sp³-hybridized carbons (Fsp3) is 0.533. The molecule has 0 saturated carbocycles. The first-order chi connectivity index (χ1) is 9.48. The summed E-state index contributed by atoms with van der Waals surface area (Å²) >= 11 is 0. The fourth-order valence-electron chi connectivity index (χ4n) is 2.44. The molecule has 1 heterocycles. The van der Waals surface area contributed by atoms with E-state index in [1.807, 2.05) is 0 Å². The van der Waals surface area contributed by atoms with Gasteiger partial charge >= 0.3 is 0 Å². The second-order valence-electron chi connectivity index (χ2n) is 5.44. The molecule has 110 valence electrons. The van der Waals surface area contributed by atoms with Crippen LogP contribution in [0.1, 0.15) is 23.2 Å². The van der Waals surface area contributed by atoms with Crippen LogP contribution in [0.2, 0.25) is 0 Å². The molecule has 0 aliphatic carbocycles. The highest BCUT2D eigenvalue weighted by Gasteiger charge is 2.31. The van der Waals surface area contributed by atoms with Crippen molar-refractivity contribution in [3.63, 3.8) is 0 Å². The largest absolute Gasteiger partial charge is 0.388 e. The summed E-state index contributed by atoms with van der Waals surface area (Å²) in [6.07, 6.45) is 1.17. The Labute approximate surface area is 118 Å². The molecule has 5 heteroatoms. The summed E-state index contributed by atoms with van der Waals surface area (Å²) in [5.74, 6) is -0.436. The van der Waals surface area contributed by atoms with E-state index in [0.717, 1.165) is 0 Å². The minimum atomic E-state index is -0.782. The summed E-state index contributed by atoms with van der Waals surface area (Å²) in [7, 11) is 1.80. The van der Waals surface area contributed by atoms with Crippen molar-refractivity contribution in [1.82, 2.24) is 4.90 Å². The maximum Gasteiger partial charge on any atom is 0.176 e. The van der Waals surface area contributed by atoms with Gasteiger partial charge in [-0.15, -0.1) is 0 Å². The molecule has 0 atom stereocenters. The van der Waals surface area contributed by atoms with Crippen molar-refractivity contribution in [3.8, 4) is 0 Å². The van der Waals surface area contributed by atoms with Crippen molar-refractivity contribution in [3.05, 3.63) is 35.6 Å². The average molecular weight is 281 g/mol. The van der Waals surface area contributed by atoms with Crippen LogP contribution in [-0.4, -0.2) is 54.7 Å². The van der Waals surface area contributed by atoms with Crippen molar-refractivity contribution in [1.29, 1.82) is 0 Å². The Kier molecular flexibility index (Phi) is 4.86. The van der Waals surface area contributed by atoms with Crippen LogP contribution in [0.4, 0.5) is 4.39 Å². The number of Topliss-reactive ketones (excluding diaryl/α,β-unsaturated/α-hetero) is 1. The molecule has 0 aromatic heterocycles. The second-order valence-corrected chi connectivity index (χ2v) is 5.44. The molecule has 0 spiro atoms. The van der Waals surface area contributed by atoms with Crippen LogP contribution in [0.3, 0.4) is 0 Å². The quantitative estimate of drug-likeness (QED) is 0.831. The predicted molar refractivity (Wildman–Crippen MR) is 73.2 cm³/mol. The van der Waals surface area contributed by atoms with E-state index in [-0.39, 0.29) is 18.1 Å². The van der Waals surface area contributed by atoms with Crippen LogP contribution in [0.25, 0.3) is 0 Å². The number of aliphatic hydroxyl groups is 1. The van der Waals surface area contributed by atoms with Gasteiger partial charge in [-0.05, 0) is 31.3 Å². The zero-order chi connectivity index (χ0) is 14.6. The van der Waals surface area contributed by atoms with Gasteiger partial charge in [0, 0.05) is 38.2 Å². The topological polar surface area (TPSA) is 49.8 Å². The van der Waals surface area contributed by atoms with Gasteiger partial charge < -0.3 is 9.84 Å². The highest BCUT2D eigenvalue weighted by Crippen LogP contribution is 2.21. The number of halogens is 1. The molecular weight excluding hydrogens is 261 g/mol. The third-order valence-corrected chi connectivity index (χ3v) is 3.57. The van der Waals surface area contributed by atoms with Crippen molar-refractivity contribution < 1.29 is 19.0 Å². The van der Waals surface area contributed by atoms with Gasteiger partial charge in [0.1, 0.15) is 5.82 Å². The van der Waals surface area contributed by atoms with Gasteiger partial charge in [0.25, 0.3) is 0 Å². The van der Waals surface area contributed by atoms with E-state index in [4.69, 9.17) is 4.74 Å². The van der Waals surface area contributed by atoms with Crippen LogP contribution in [0.15, 0.2) is 24.3 Å². The minimum Gasteiger partial charge on any atom is -0.388 e. The van der Waals surface area contributed by atoms with Crippen LogP contribution in [-0.2, 0) is 4.74 Å². The molecule has 4 nitrogen and oxygen atoms in total. The van der Waals surface area contributed by atoms with Crippen LogP contribution in [0, 0.1) is 5.82 Å². The molecule has 1 aromatic carbocycles. The molecule has 1 N–H and O–H groups in total. The number of hydrogen-bond acceptors (Lipinski definition) is 4. The standard InChI is InChI=1S/C15H20FNO3/c1-17(11-15(19)6-8-20-9-7-15)10-14(18)12-2-4-13(16)5-3-12/h2-5,19H,6-11H2,1H3. The summed E-state index contributed by atoms with van der Waals surface area (Å²) in [6, 6.07) is 5.52. The van der Waals surface area contributed by atoms with E-state index in [2.05, 4.69) is 0 Å². The molecular formula is C15H20FNO3. The molecule has 2 rings (SSSR count). The van der Waals surface area contributed by atoms with E-state index < -0.39 is 5.60 Å². The van der Waals surface area contributed by atoms with E-state index in [1.54, 1.807) is 11.9 Å². The first-order valence-corrected chi connectivity index (χ1v) is 6.76. The van der Waals surface area contributed by atoms with Crippen molar-refractivity contribution >= 4 is 5.78 Å². The number of hydrogen-bond donors (Lipinski definition) is 1. The summed E-state index contributed by atoms with van der Waals surface area (Å²) in [5.41, 5.74) is -0.298. The normalized spacial score (nSPS) is 18.2. The van der Waals surface area contributed by atoms with Crippen molar-refractivity contribution in [2.24, 2.45) is 0 Å². The first kappa shape index (κ1) is 15.1. The second kappa shape index (κ2) is 6.43. The zero-order valence-electron chi connectivity index (χ0n) is 11.6. The molecule has 1 fully saturated rings. The Morgan fingerprint density at radius 2 is 1.95 bits per heavy atom. The molecule has 0 amide bonds. The predicted octanol–water partition coefficient (Wildman–Crippen LogP) is 1.48. The number of nitrogens with zero attached hydrogens (tertiary/aromatic N) is 1. The minimum absolute atomic E-state index is 0.0804. The Morgan fingerprint density at radius 1 is 1.35 bits per heavy atom. The van der Waals surface area contributed by atoms with Crippen molar-refractivity contribution in [2.45, 2.75) is 18.4 Å². The average Bonchev–Trinajstić information content (AvgIpc) is 2.39. The number of carbonyl (C=O) groups is 1. The summed E-state index contributed by atoms with van der Waals surface area (Å²) in [4.78, 5) is 13.8. The van der Waals surface area contributed by atoms with Gasteiger partial charge in [-0.25, -0.2) is 4.39 Å². The van der Waals surface area contributed by atoms with Gasteiger partial charge in [0.15, 0.2) is 5.78 Å². The van der Waals surface area contributed by atoms with E-state index in [0.29, 0.717) is 38.2 Å². The van der Waals surface area contributed by atoms with Crippen molar-refractivity contribution in [2.75, 3.05) is 33.4 Å². The maximum atomic E-state index is 12.8.